The summed E-state index contributed by atoms with van der Waals surface area (Å²) in [6.07, 6.45) is 1.21. The maximum absolute atomic E-state index is 10.9. The van der Waals surface area contributed by atoms with Crippen LogP contribution in [0.1, 0.15) is 5.56 Å². The average molecular weight is 268 g/mol. The summed E-state index contributed by atoms with van der Waals surface area (Å²) in [5, 5.41) is 11.4. The lowest BCUT2D eigenvalue weighted by atomic mass is 10.2. The van der Waals surface area contributed by atoms with Gasteiger partial charge in [0.2, 0.25) is 0 Å². The molecule has 98 valence electrons. The summed E-state index contributed by atoms with van der Waals surface area (Å²) in [6, 6.07) is 9.24. The zero-order chi connectivity index (χ0) is 13.4. The molecule has 0 fully saturated rings. The number of nitrogens with one attached hydrogen (secondary N) is 1. The van der Waals surface area contributed by atoms with E-state index in [1.54, 1.807) is 6.07 Å². The first-order valence-electron chi connectivity index (χ1n) is 5.48. The number of hydrogen-bond donors (Lipinski definition) is 1. The number of sulfone groups is 1. The Morgan fingerprint density at radius 2 is 2.22 bits per heavy atom. The Morgan fingerprint density at radius 3 is 2.89 bits per heavy atom. The van der Waals surface area contributed by atoms with E-state index in [1.807, 2.05) is 24.3 Å². The summed E-state index contributed by atoms with van der Waals surface area (Å²) < 4.78 is 27.0. The molecule has 0 heterocycles. The van der Waals surface area contributed by atoms with E-state index in [0.717, 1.165) is 5.56 Å². The minimum absolute atomic E-state index is 0.0188. The normalized spacial score (nSPS) is 10.9. The van der Waals surface area contributed by atoms with Crippen molar-refractivity contribution in [3.8, 4) is 11.8 Å². The van der Waals surface area contributed by atoms with Crippen LogP contribution < -0.4 is 10.1 Å². The Balaban J connectivity index is 2.40. The number of hydrogen-bond acceptors (Lipinski definition) is 5. The fraction of sp³-hybridized carbons (Fsp3) is 0.417. The van der Waals surface area contributed by atoms with Crippen LogP contribution in [0.25, 0.3) is 0 Å². The summed E-state index contributed by atoms with van der Waals surface area (Å²) in [5.41, 5.74) is 0.985. The lowest BCUT2D eigenvalue weighted by molar-refractivity contribution is 0.367. The minimum Gasteiger partial charge on any atom is -0.479 e. The zero-order valence-corrected chi connectivity index (χ0v) is 11.0. The van der Waals surface area contributed by atoms with Gasteiger partial charge in [-0.15, -0.1) is 0 Å². The monoisotopic (exact) mass is 268 g/mol. The molecule has 0 atom stereocenters. The molecule has 0 unspecified atom stereocenters. The molecule has 0 spiro atoms. The Hall–Kier alpha value is -1.58. The summed E-state index contributed by atoms with van der Waals surface area (Å²) in [4.78, 5) is 0. The molecule has 5 nitrogen and oxygen atoms in total. The van der Waals surface area contributed by atoms with Crippen LogP contribution in [0.4, 0.5) is 0 Å². The van der Waals surface area contributed by atoms with Crippen LogP contribution >= 0.6 is 0 Å². The molecule has 1 aromatic rings. The fourth-order valence-corrected chi connectivity index (χ4v) is 1.87. The molecule has 0 saturated carbocycles. The van der Waals surface area contributed by atoms with Crippen LogP contribution in [-0.4, -0.2) is 33.6 Å². The van der Waals surface area contributed by atoms with Gasteiger partial charge in [0.05, 0.1) is 5.75 Å². The van der Waals surface area contributed by atoms with Gasteiger partial charge in [-0.25, -0.2) is 8.42 Å². The maximum Gasteiger partial charge on any atom is 0.174 e. The smallest absolute Gasteiger partial charge is 0.174 e. The lowest BCUT2D eigenvalue weighted by Gasteiger charge is -2.06. The van der Waals surface area contributed by atoms with Crippen LogP contribution in [-0.2, 0) is 16.4 Å². The van der Waals surface area contributed by atoms with Crippen LogP contribution in [0.15, 0.2) is 24.3 Å². The second kappa shape index (κ2) is 6.99. The number of nitrogens with zero attached hydrogens (tertiary/aromatic N) is 1. The molecule has 0 aliphatic heterocycles. The third-order valence-corrected chi connectivity index (χ3v) is 3.13. The van der Waals surface area contributed by atoms with Gasteiger partial charge in [-0.2, -0.15) is 5.26 Å². The summed E-state index contributed by atoms with van der Waals surface area (Å²) in [6.45, 7) is 1.01. The molecule has 0 amide bonds. The second-order valence-electron chi connectivity index (χ2n) is 3.90. The highest BCUT2D eigenvalue weighted by Gasteiger charge is 2.01. The Labute approximate surface area is 107 Å². The van der Waals surface area contributed by atoms with E-state index >= 15 is 0 Å². The van der Waals surface area contributed by atoms with Crippen LogP contribution in [0.3, 0.4) is 0 Å². The number of benzene rings is 1. The quantitative estimate of drug-likeness (QED) is 0.737. The third kappa shape index (κ3) is 6.23. The molecule has 1 rings (SSSR count). The van der Waals surface area contributed by atoms with Crippen LogP contribution in [0.2, 0.25) is 0 Å². The highest BCUT2D eigenvalue weighted by atomic mass is 32.2. The van der Waals surface area contributed by atoms with Crippen molar-refractivity contribution >= 4 is 9.84 Å². The number of nitriles is 1. The first-order chi connectivity index (χ1) is 8.51. The van der Waals surface area contributed by atoms with Gasteiger partial charge in [0.1, 0.15) is 21.7 Å². The molecule has 1 N–H and O–H groups in total. The van der Waals surface area contributed by atoms with Gasteiger partial charge in [0.25, 0.3) is 0 Å². The summed E-state index contributed by atoms with van der Waals surface area (Å²) in [5.74, 6) is 0.761. The van der Waals surface area contributed by atoms with Crippen molar-refractivity contribution in [2.45, 2.75) is 6.54 Å². The number of ether oxygens (including phenoxy) is 1. The van der Waals surface area contributed by atoms with E-state index in [0.29, 0.717) is 18.8 Å². The topological polar surface area (TPSA) is 79.2 Å². The molecule has 0 radical (unpaired) electrons. The predicted molar refractivity (Wildman–Crippen MR) is 69.0 cm³/mol. The van der Waals surface area contributed by atoms with E-state index in [9.17, 15) is 8.42 Å². The first-order valence-corrected chi connectivity index (χ1v) is 7.54. The molecule has 0 bridgehead atoms. The largest absolute Gasteiger partial charge is 0.479 e. The fourth-order valence-electron chi connectivity index (χ4n) is 1.35. The van der Waals surface area contributed by atoms with Crippen molar-refractivity contribution in [3.05, 3.63) is 29.8 Å². The van der Waals surface area contributed by atoms with Gasteiger partial charge in [-0.3, -0.25) is 0 Å². The molecule has 0 aliphatic rings. The third-order valence-electron chi connectivity index (χ3n) is 2.18. The Morgan fingerprint density at radius 1 is 1.44 bits per heavy atom. The van der Waals surface area contributed by atoms with Gasteiger partial charge in [-0.1, -0.05) is 12.1 Å². The van der Waals surface area contributed by atoms with Gasteiger partial charge in [0, 0.05) is 19.3 Å². The maximum atomic E-state index is 10.9. The summed E-state index contributed by atoms with van der Waals surface area (Å²) in [7, 11) is -2.92. The molecular formula is C12H16N2O3S. The molecule has 0 saturated heterocycles. The lowest BCUT2D eigenvalue weighted by Crippen LogP contribution is -2.21. The Kier molecular flexibility index (Phi) is 5.62. The summed E-state index contributed by atoms with van der Waals surface area (Å²) >= 11 is 0. The van der Waals surface area contributed by atoms with E-state index in [2.05, 4.69) is 5.32 Å². The molecule has 18 heavy (non-hydrogen) atoms. The minimum atomic E-state index is -2.92. The van der Waals surface area contributed by atoms with Gasteiger partial charge in [0.15, 0.2) is 6.61 Å². The average Bonchev–Trinajstić information content (AvgIpc) is 2.31. The van der Waals surface area contributed by atoms with Crippen LogP contribution in [0, 0.1) is 11.3 Å². The predicted octanol–water partition coefficient (Wildman–Crippen LogP) is 0.723. The van der Waals surface area contributed by atoms with Gasteiger partial charge in [-0.05, 0) is 17.7 Å². The van der Waals surface area contributed by atoms with Crippen molar-refractivity contribution in [2.75, 3.05) is 25.2 Å². The van der Waals surface area contributed by atoms with Crippen molar-refractivity contribution < 1.29 is 13.2 Å². The Bertz CT molecular complexity index is 520. The molecule has 6 heteroatoms. The van der Waals surface area contributed by atoms with Crippen molar-refractivity contribution in [3.63, 3.8) is 0 Å². The van der Waals surface area contributed by atoms with Crippen LogP contribution in [0.5, 0.6) is 5.75 Å². The first kappa shape index (κ1) is 14.5. The highest BCUT2D eigenvalue weighted by molar-refractivity contribution is 7.90. The second-order valence-corrected chi connectivity index (χ2v) is 6.16. The molecule has 0 aromatic heterocycles. The van der Waals surface area contributed by atoms with Gasteiger partial charge >= 0.3 is 0 Å². The zero-order valence-electron chi connectivity index (χ0n) is 10.2. The van der Waals surface area contributed by atoms with Crippen molar-refractivity contribution in [2.24, 2.45) is 0 Å². The van der Waals surface area contributed by atoms with E-state index in [4.69, 9.17) is 10.00 Å². The molecule has 1 aromatic carbocycles. The standard InChI is InChI=1S/C12H16N2O3S/c1-18(15,16)8-6-14-10-11-3-2-4-12(9-11)17-7-5-13/h2-4,9,14H,6-8,10H2,1H3. The van der Waals surface area contributed by atoms with Crippen molar-refractivity contribution in [1.29, 1.82) is 5.26 Å². The SMILES string of the molecule is CS(=O)(=O)CCNCc1cccc(OCC#N)c1. The van der Waals surface area contributed by atoms with E-state index in [1.165, 1.54) is 6.26 Å². The van der Waals surface area contributed by atoms with Gasteiger partial charge < -0.3 is 10.1 Å². The van der Waals surface area contributed by atoms with Crippen molar-refractivity contribution in [1.82, 2.24) is 5.32 Å². The highest BCUT2D eigenvalue weighted by Crippen LogP contribution is 2.12. The number of rotatable bonds is 7. The van der Waals surface area contributed by atoms with E-state index < -0.39 is 9.84 Å². The molecular weight excluding hydrogens is 252 g/mol. The van der Waals surface area contributed by atoms with E-state index in [-0.39, 0.29) is 12.4 Å². The molecule has 0 aliphatic carbocycles.